The van der Waals surface area contributed by atoms with Gasteiger partial charge in [-0.2, -0.15) is 0 Å². The van der Waals surface area contributed by atoms with E-state index in [9.17, 15) is 9.59 Å². The van der Waals surface area contributed by atoms with E-state index in [4.69, 9.17) is 21.8 Å². The molecule has 0 fully saturated rings. The third-order valence-electron chi connectivity index (χ3n) is 2.16. The number of carbonyl (C=O) groups excluding carboxylic acids is 1. The van der Waals surface area contributed by atoms with Crippen LogP contribution in [-0.2, 0) is 4.79 Å². The molecule has 0 aliphatic heterocycles. The zero-order chi connectivity index (χ0) is 13.7. The number of benzene rings is 1. The number of aliphatic hydroxyl groups excluding tert-OH is 1. The summed E-state index contributed by atoms with van der Waals surface area (Å²) in [6, 6.07) is 4.92. The van der Waals surface area contributed by atoms with Gasteiger partial charge < -0.3 is 15.5 Å². The summed E-state index contributed by atoms with van der Waals surface area (Å²) in [7, 11) is 0. The second kappa shape index (κ2) is 6.91. The van der Waals surface area contributed by atoms with Crippen molar-refractivity contribution < 1.29 is 19.8 Å². The predicted molar refractivity (Wildman–Crippen MR) is 74.8 cm³/mol. The van der Waals surface area contributed by atoms with Crippen LogP contribution in [0.4, 0.5) is 0 Å². The van der Waals surface area contributed by atoms with E-state index in [2.05, 4.69) is 5.32 Å². The van der Waals surface area contributed by atoms with Gasteiger partial charge in [-0.1, -0.05) is 11.6 Å². The highest BCUT2D eigenvalue weighted by Gasteiger charge is 2.14. The van der Waals surface area contributed by atoms with Gasteiger partial charge in [-0.3, -0.25) is 4.79 Å². The number of carboxylic acid groups (broad SMARTS) is 1. The molecule has 98 valence electrons. The maximum atomic E-state index is 11.8. The van der Waals surface area contributed by atoms with Crippen molar-refractivity contribution in [2.45, 2.75) is 12.5 Å². The molecule has 5 nitrogen and oxygen atoms in total. The van der Waals surface area contributed by atoms with Crippen molar-refractivity contribution in [3.63, 3.8) is 0 Å². The van der Waals surface area contributed by atoms with Crippen LogP contribution in [0.5, 0.6) is 0 Å². The van der Waals surface area contributed by atoms with Gasteiger partial charge in [0.1, 0.15) is 0 Å². The number of aliphatic carboxylic acids is 1. The molecule has 0 aliphatic rings. The van der Waals surface area contributed by atoms with Crippen molar-refractivity contribution in [1.82, 2.24) is 5.32 Å². The first-order valence-electron chi connectivity index (χ1n) is 5.06. The first-order valence-corrected chi connectivity index (χ1v) is 6.51. The SMILES string of the molecule is O=C(NCCC(O)C(=O)O)c1cc(Cl)ccc1I. The van der Waals surface area contributed by atoms with Gasteiger partial charge in [-0.05, 0) is 40.8 Å². The van der Waals surface area contributed by atoms with E-state index >= 15 is 0 Å². The smallest absolute Gasteiger partial charge is 0.332 e. The molecule has 1 aromatic carbocycles. The van der Waals surface area contributed by atoms with E-state index in [1.165, 1.54) is 6.07 Å². The molecule has 0 saturated carbocycles. The minimum absolute atomic E-state index is 0.0434. The standard InChI is InChI=1S/C11H11ClINO4/c12-6-1-2-8(13)7(5-6)10(16)14-4-3-9(15)11(17)18/h1-2,5,9,15H,3-4H2,(H,14,16)(H,17,18). The Bertz CT molecular complexity index is 466. The van der Waals surface area contributed by atoms with Crippen LogP contribution in [0.25, 0.3) is 0 Å². The summed E-state index contributed by atoms with van der Waals surface area (Å²) in [5, 5.41) is 20.5. The highest BCUT2D eigenvalue weighted by molar-refractivity contribution is 14.1. The average Bonchev–Trinajstić information content (AvgIpc) is 2.31. The van der Waals surface area contributed by atoms with Crippen molar-refractivity contribution in [2.24, 2.45) is 0 Å². The lowest BCUT2D eigenvalue weighted by Gasteiger charge is -2.08. The zero-order valence-electron chi connectivity index (χ0n) is 9.19. The molecular formula is C11H11ClINO4. The normalized spacial score (nSPS) is 11.9. The fraction of sp³-hybridized carbons (Fsp3) is 0.273. The summed E-state index contributed by atoms with van der Waals surface area (Å²) in [6.45, 7) is 0.0783. The Morgan fingerprint density at radius 2 is 2.11 bits per heavy atom. The van der Waals surface area contributed by atoms with Crippen molar-refractivity contribution in [3.8, 4) is 0 Å². The zero-order valence-corrected chi connectivity index (χ0v) is 12.1. The molecule has 0 heterocycles. The Balaban J connectivity index is 2.55. The maximum absolute atomic E-state index is 11.8. The molecule has 1 atom stereocenters. The second-order valence-electron chi connectivity index (χ2n) is 3.52. The number of aliphatic hydroxyl groups is 1. The van der Waals surface area contributed by atoms with Gasteiger partial charge in [0.2, 0.25) is 0 Å². The van der Waals surface area contributed by atoms with Crippen LogP contribution in [0.15, 0.2) is 18.2 Å². The molecule has 0 spiro atoms. The number of halogens is 2. The lowest BCUT2D eigenvalue weighted by atomic mass is 10.2. The first kappa shape index (κ1) is 15.2. The van der Waals surface area contributed by atoms with Crippen LogP contribution in [0.1, 0.15) is 16.8 Å². The average molecular weight is 384 g/mol. The van der Waals surface area contributed by atoms with Gasteiger partial charge in [-0.25, -0.2) is 4.79 Å². The summed E-state index contributed by atoms with van der Waals surface area (Å²) >= 11 is 7.79. The van der Waals surface area contributed by atoms with Gasteiger partial charge in [0.25, 0.3) is 5.91 Å². The molecule has 1 unspecified atom stereocenters. The highest BCUT2D eigenvalue weighted by atomic mass is 127. The molecule has 0 bridgehead atoms. The fourth-order valence-electron chi connectivity index (χ4n) is 1.21. The predicted octanol–water partition coefficient (Wildman–Crippen LogP) is 1.51. The molecule has 18 heavy (non-hydrogen) atoms. The monoisotopic (exact) mass is 383 g/mol. The Labute approximate surface area is 122 Å². The molecule has 1 rings (SSSR count). The summed E-state index contributed by atoms with van der Waals surface area (Å²) in [6.07, 6.45) is -1.51. The fourth-order valence-corrected chi connectivity index (χ4v) is 1.97. The summed E-state index contributed by atoms with van der Waals surface area (Å²) in [5.74, 6) is -1.65. The van der Waals surface area contributed by atoms with Gasteiger partial charge in [0, 0.05) is 21.6 Å². The molecule has 3 N–H and O–H groups in total. The third-order valence-corrected chi connectivity index (χ3v) is 3.34. The van der Waals surface area contributed by atoms with Gasteiger partial charge in [0.15, 0.2) is 6.10 Å². The number of rotatable bonds is 5. The quantitative estimate of drug-likeness (QED) is 0.673. The van der Waals surface area contributed by atoms with Crippen molar-refractivity contribution in [3.05, 3.63) is 32.4 Å². The maximum Gasteiger partial charge on any atom is 0.332 e. The van der Waals surface area contributed by atoms with Crippen molar-refractivity contribution >= 4 is 46.1 Å². The number of amides is 1. The Hall–Kier alpha value is -0.860. The molecule has 1 amide bonds. The number of carbonyl (C=O) groups is 2. The summed E-state index contributed by atoms with van der Waals surface area (Å²) in [5.41, 5.74) is 0.424. The largest absolute Gasteiger partial charge is 0.479 e. The van der Waals surface area contributed by atoms with Crippen molar-refractivity contribution in [2.75, 3.05) is 6.54 Å². The van der Waals surface area contributed by atoms with Gasteiger partial charge in [0.05, 0.1) is 5.56 Å². The lowest BCUT2D eigenvalue weighted by molar-refractivity contribution is -0.146. The van der Waals surface area contributed by atoms with Crippen molar-refractivity contribution in [1.29, 1.82) is 0 Å². The molecule has 0 aromatic heterocycles. The molecule has 7 heteroatoms. The molecule has 0 aliphatic carbocycles. The minimum Gasteiger partial charge on any atom is -0.479 e. The first-order chi connectivity index (χ1) is 8.41. The second-order valence-corrected chi connectivity index (χ2v) is 5.12. The Morgan fingerprint density at radius 3 is 2.72 bits per heavy atom. The Kier molecular flexibility index (Phi) is 5.83. The van der Waals surface area contributed by atoms with Crippen LogP contribution in [-0.4, -0.2) is 34.7 Å². The number of nitrogens with one attached hydrogen (secondary N) is 1. The van der Waals surface area contributed by atoms with Crippen LogP contribution in [0, 0.1) is 3.57 Å². The van der Waals surface area contributed by atoms with E-state index in [1.54, 1.807) is 12.1 Å². The van der Waals surface area contributed by atoms with Gasteiger partial charge >= 0.3 is 5.97 Å². The molecule has 0 saturated heterocycles. The topological polar surface area (TPSA) is 86.6 Å². The number of carboxylic acids is 1. The molecule has 0 radical (unpaired) electrons. The third kappa shape index (κ3) is 4.43. The van der Waals surface area contributed by atoms with Crippen LogP contribution in [0.2, 0.25) is 5.02 Å². The number of hydrogen-bond donors (Lipinski definition) is 3. The van der Waals surface area contributed by atoms with E-state index < -0.39 is 12.1 Å². The van der Waals surface area contributed by atoms with E-state index in [1.807, 2.05) is 22.6 Å². The highest BCUT2D eigenvalue weighted by Crippen LogP contribution is 2.17. The number of hydrogen-bond acceptors (Lipinski definition) is 3. The van der Waals surface area contributed by atoms with Crippen LogP contribution >= 0.6 is 34.2 Å². The summed E-state index contributed by atoms with van der Waals surface area (Å²) in [4.78, 5) is 22.1. The van der Waals surface area contributed by atoms with E-state index in [0.29, 0.717) is 10.6 Å². The van der Waals surface area contributed by atoms with Crippen LogP contribution in [0.3, 0.4) is 0 Å². The molecular weight excluding hydrogens is 372 g/mol. The lowest BCUT2D eigenvalue weighted by Crippen LogP contribution is -2.30. The van der Waals surface area contributed by atoms with E-state index in [0.717, 1.165) is 3.57 Å². The van der Waals surface area contributed by atoms with Gasteiger partial charge in [-0.15, -0.1) is 0 Å². The van der Waals surface area contributed by atoms with E-state index in [-0.39, 0.29) is 18.9 Å². The summed E-state index contributed by atoms with van der Waals surface area (Å²) < 4.78 is 0.744. The Morgan fingerprint density at radius 1 is 1.44 bits per heavy atom. The van der Waals surface area contributed by atoms with Crippen LogP contribution < -0.4 is 5.32 Å². The molecule has 1 aromatic rings. The minimum atomic E-state index is -1.47.